The normalized spacial score (nSPS) is 12.4. The van der Waals surface area contributed by atoms with E-state index in [0.717, 1.165) is 38.2 Å². The molecule has 0 aliphatic heterocycles. The van der Waals surface area contributed by atoms with Gasteiger partial charge in [-0.15, -0.1) is 0 Å². The van der Waals surface area contributed by atoms with Gasteiger partial charge in [-0.1, -0.05) is 109 Å². The van der Waals surface area contributed by atoms with Crippen LogP contribution in [0.2, 0.25) is 0 Å². The lowest BCUT2D eigenvalue weighted by Gasteiger charge is -2.24. The summed E-state index contributed by atoms with van der Waals surface area (Å²) in [6.45, 7) is 0. The number of rotatable bonds is 2. The quantitative estimate of drug-likeness (QED) is 0.335. The van der Waals surface area contributed by atoms with Crippen molar-refractivity contribution >= 4 is 22.9 Å². The molecule has 4 aromatic rings. The molecule has 0 heterocycles. The van der Waals surface area contributed by atoms with E-state index in [9.17, 15) is 4.79 Å². The molecule has 0 fully saturated rings. The van der Waals surface area contributed by atoms with E-state index >= 15 is 0 Å². The Morgan fingerprint density at radius 2 is 0.929 bits per heavy atom. The van der Waals surface area contributed by atoms with E-state index in [1.807, 2.05) is 84.9 Å². The van der Waals surface area contributed by atoms with Crippen molar-refractivity contribution in [1.29, 1.82) is 0 Å². The highest BCUT2D eigenvalue weighted by atomic mass is 32.1. The van der Waals surface area contributed by atoms with Gasteiger partial charge in [0.25, 0.3) is 0 Å². The second-order valence-corrected chi connectivity index (χ2v) is 7.25. The zero-order valence-electron chi connectivity index (χ0n) is 15.1. The Kier molecular flexibility index (Phi) is 4.00. The van der Waals surface area contributed by atoms with E-state index in [1.54, 1.807) is 0 Å². The van der Waals surface area contributed by atoms with Crippen molar-refractivity contribution in [1.82, 2.24) is 0 Å². The molecule has 0 amide bonds. The van der Waals surface area contributed by atoms with Crippen LogP contribution >= 0.6 is 12.2 Å². The SMILES string of the molecule is O=C1c2cccc(-c3ccccc3)c2C(=S)c2cccc(-c3ccccc3)c21. The Balaban J connectivity index is 1.77. The van der Waals surface area contributed by atoms with Crippen molar-refractivity contribution in [2.24, 2.45) is 0 Å². The van der Waals surface area contributed by atoms with Crippen LogP contribution in [0, 0.1) is 0 Å². The third kappa shape index (κ3) is 2.54. The molecule has 1 nitrogen and oxygen atoms in total. The van der Waals surface area contributed by atoms with Gasteiger partial charge in [0.05, 0.1) is 4.86 Å². The molecule has 5 rings (SSSR count). The summed E-state index contributed by atoms with van der Waals surface area (Å²) in [5.41, 5.74) is 7.13. The van der Waals surface area contributed by atoms with E-state index in [4.69, 9.17) is 12.2 Å². The van der Waals surface area contributed by atoms with E-state index in [-0.39, 0.29) is 5.78 Å². The predicted octanol–water partition coefficient (Wildman–Crippen LogP) is 6.33. The molecule has 1 aliphatic carbocycles. The molecule has 0 spiro atoms. The molecule has 0 unspecified atom stereocenters. The first-order chi connectivity index (χ1) is 13.8. The Morgan fingerprint density at radius 1 is 0.464 bits per heavy atom. The largest absolute Gasteiger partial charge is 0.289 e. The monoisotopic (exact) mass is 376 g/mol. The van der Waals surface area contributed by atoms with Gasteiger partial charge in [-0.3, -0.25) is 4.79 Å². The maximum atomic E-state index is 13.6. The van der Waals surface area contributed by atoms with Crippen LogP contribution in [-0.2, 0) is 0 Å². The highest BCUT2D eigenvalue weighted by molar-refractivity contribution is 7.81. The third-order valence-electron chi connectivity index (χ3n) is 5.24. The molecule has 2 heteroatoms. The average molecular weight is 376 g/mol. The minimum absolute atomic E-state index is 0.0378. The topological polar surface area (TPSA) is 17.1 Å². The van der Waals surface area contributed by atoms with Gasteiger partial charge in [-0.2, -0.15) is 0 Å². The smallest absolute Gasteiger partial charge is 0.194 e. The van der Waals surface area contributed by atoms with Crippen molar-refractivity contribution < 1.29 is 4.79 Å². The van der Waals surface area contributed by atoms with Crippen molar-refractivity contribution in [3.8, 4) is 22.3 Å². The number of hydrogen-bond acceptors (Lipinski definition) is 2. The van der Waals surface area contributed by atoms with Crippen LogP contribution in [0.3, 0.4) is 0 Å². The highest BCUT2D eigenvalue weighted by Crippen LogP contribution is 2.38. The summed E-state index contributed by atoms with van der Waals surface area (Å²) in [6.07, 6.45) is 0. The fraction of sp³-hybridized carbons (Fsp3) is 0. The van der Waals surface area contributed by atoms with Gasteiger partial charge in [0, 0.05) is 22.3 Å². The first-order valence-electron chi connectivity index (χ1n) is 9.22. The maximum Gasteiger partial charge on any atom is 0.194 e. The van der Waals surface area contributed by atoms with Crippen LogP contribution in [0.25, 0.3) is 22.3 Å². The molecule has 1 aliphatic rings. The lowest BCUT2D eigenvalue weighted by Crippen LogP contribution is -2.22. The van der Waals surface area contributed by atoms with Gasteiger partial charge >= 0.3 is 0 Å². The van der Waals surface area contributed by atoms with Crippen LogP contribution in [0.1, 0.15) is 27.0 Å². The number of benzene rings is 4. The van der Waals surface area contributed by atoms with Crippen LogP contribution in [0.5, 0.6) is 0 Å². The fourth-order valence-electron chi connectivity index (χ4n) is 3.96. The second-order valence-electron chi connectivity index (χ2n) is 6.85. The highest BCUT2D eigenvalue weighted by Gasteiger charge is 2.31. The minimum atomic E-state index is 0.0378. The molecule has 0 N–H and O–H groups in total. The van der Waals surface area contributed by atoms with Crippen molar-refractivity contribution in [3.63, 3.8) is 0 Å². The summed E-state index contributed by atoms with van der Waals surface area (Å²) < 4.78 is 0. The molecule has 0 bridgehead atoms. The molecule has 0 atom stereocenters. The van der Waals surface area contributed by atoms with Crippen molar-refractivity contribution in [2.75, 3.05) is 0 Å². The zero-order valence-corrected chi connectivity index (χ0v) is 15.9. The van der Waals surface area contributed by atoms with Gasteiger partial charge in [-0.25, -0.2) is 0 Å². The van der Waals surface area contributed by atoms with E-state index in [2.05, 4.69) is 12.1 Å². The summed E-state index contributed by atoms with van der Waals surface area (Å²) in [6, 6.07) is 31.9. The Bertz CT molecular complexity index is 1130. The Labute approximate surface area is 169 Å². The fourth-order valence-corrected chi connectivity index (χ4v) is 4.35. The van der Waals surface area contributed by atoms with Crippen molar-refractivity contribution in [3.05, 3.63) is 119 Å². The zero-order chi connectivity index (χ0) is 19.1. The number of fused-ring (bicyclic) bond motifs is 2. The molecule has 132 valence electrons. The van der Waals surface area contributed by atoms with Gasteiger partial charge in [0.2, 0.25) is 0 Å². The summed E-state index contributed by atoms with van der Waals surface area (Å²) in [4.78, 5) is 14.3. The van der Waals surface area contributed by atoms with E-state index in [0.29, 0.717) is 11.1 Å². The number of carbonyl (C=O) groups excluding carboxylic acids is 1. The lowest BCUT2D eigenvalue weighted by molar-refractivity contribution is 0.103. The summed E-state index contributed by atoms with van der Waals surface area (Å²) >= 11 is 5.91. The summed E-state index contributed by atoms with van der Waals surface area (Å²) in [7, 11) is 0. The Morgan fingerprint density at radius 3 is 1.50 bits per heavy atom. The van der Waals surface area contributed by atoms with Gasteiger partial charge in [0.15, 0.2) is 5.78 Å². The standard InChI is InChI=1S/C26H16OS/c27-25-21-15-7-14-20(18-11-5-2-6-12-18)24(21)26(28)22-16-8-13-19(23(22)25)17-9-3-1-4-10-17/h1-16H. The van der Waals surface area contributed by atoms with Crippen molar-refractivity contribution in [2.45, 2.75) is 0 Å². The van der Waals surface area contributed by atoms with Gasteiger partial charge < -0.3 is 0 Å². The Hall–Kier alpha value is -3.36. The third-order valence-corrected chi connectivity index (χ3v) is 5.67. The molecule has 0 saturated heterocycles. The van der Waals surface area contributed by atoms with Crippen LogP contribution < -0.4 is 0 Å². The maximum absolute atomic E-state index is 13.6. The molecule has 0 saturated carbocycles. The minimum Gasteiger partial charge on any atom is -0.289 e. The molecule has 4 aromatic carbocycles. The lowest BCUT2D eigenvalue weighted by atomic mass is 9.78. The number of ketones is 1. The van der Waals surface area contributed by atoms with E-state index in [1.165, 1.54) is 0 Å². The number of carbonyl (C=O) groups is 1. The van der Waals surface area contributed by atoms with Gasteiger partial charge in [0.1, 0.15) is 0 Å². The van der Waals surface area contributed by atoms with Crippen LogP contribution in [0.4, 0.5) is 0 Å². The average Bonchev–Trinajstić information content (AvgIpc) is 2.77. The predicted molar refractivity (Wildman–Crippen MR) is 118 cm³/mol. The summed E-state index contributed by atoms with van der Waals surface area (Å²) in [5.74, 6) is 0.0378. The molecule has 0 radical (unpaired) electrons. The van der Waals surface area contributed by atoms with Crippen LogP contribution in [-0.4, -0.2) is 10.6 Å². The summed E-state index contributed by atoms with van der Waals surface area (Å²) in [5, 5.41) is 0. The van der Waals surface area contributed by atoms with Gasteiger partial charge in [-0.05, 0) is 22.3 Å². The molecule has 28 heavy (non-hydrogen) atoms. The molecule has 0 aromatic heterocycles. The molecular weight excluding hydrogens is 360 g/mol. The number of thiocarbonyl (C=S) groups is 1. The first-order valence-corrected chi connectivity index (χ1v) is 9.63. The van der Waals surface area contributed by atoms with E-state index < -0.39 is 0 Å². The second kappa shape index (κ2) is 6.66. The number of hydrogen-bond donors (Lipinski definition) is 0. The first kappa shape index (κ1) is 16.8. The van der Waals surface area contributed by atoms with Crippen LogP contribution in [0.15, 0.2) is 97.1 Å². The molecular formula is C26H16OS.